The Morgan fingerprint density at radius 3 is 2.15 bits per heavy atom. The molecule has 0 rings (SSSR count). The van der Waals surface area contributed by atoms with Crippen molar-refractivity contribution in [3.8, 4) is 0 Å². The first-order valence-corrected chi connectivity index (χ1v) is 3.95. The maximum Gasteiger partial charge on any atom is 0.373 e. The fraction of sp³-hybridized carbons (Fsp3) is 0.500. The summed E-state index contributed by atoms with van der Waals surface area (Å²) in [5.41, 5.74) is 0. The Hall–Kier alpha value is -1.08. The zero-order chi connectivity index (χ0) is 10.4. The number of ketones is 1. The molecule has 1 atom stereocenters. The highest BCUT2D eigenvalue weighted by Gasteiger charge is 2.18. The highest BCUT2D eigenvalue weighted by atomic mass is 32.1. The van der Waals surface area contributed by atoms with Gasteiger partial charge >= 0.3 is 11.9 Å². The average Bonchev–Trinajstić information content (AvgIpc) is 2.04. The van der Waals surface area contributed by atoms with Gasteiger partial charge in [0.15, 0.2) is 0 Å². The second-order valence-corrected chi connectivity index (χ2v) is 2.55. The van der Waals surface area contributed by atoms with Crippen LogP contribution in [-0.4, -0.2) is 46.3 Å². The minimum atomic E-state index is -1.59. The average molecular weight is 207 g/mol. The summed E-state index contributed by atoms with van der Waals surface area (Å²) in [4.78, 5) is 30.9. The fourth-order valence-corrected chi connectivity index (χ4v) is 0.807. The molecule has 0 aliphatic heterocycles. The molecule has 0 heterocycles. The molecule has 0 amide bonds. The van der Waals surface area contributed by atoms with Crippen LogP contribution >= 0.6 is 12.6 Å². The first-order valence-electron chi connectivity index (χ1n) is 3.32. The number of rotatable bonds is 6. The maximum absolute atomic E-state index is 10.5. The van der Waals surface area contributed by atoms with Crippen LogP contribution in [0, 0.1) is 0 Å². The zero-order valence-electron chi connectivity index (χ0n) is 6.56. The SMILES string of the molecule is O=C(O)C(=O)CN[C@@H](CS)C(=O)O. The second kappa shape index (κ2) is 5.55. The van der Waals surface area contributed by atoms with Crippen LogP contribution < -0.4 is 5.32 Å². The number of aliphatic carboxylic acids is 2. The molecule has 0 spiro atoms. The van der Waals surface area contributed by atoms with Crippen LogP contribution in [0.5, 0.6) is 0 Å². The molecule has 7 heteroatoms. The lowest BCUT2D eigenvalue weighted by Crippen LogP contribution is -2.42. The molecule has 0 aromatic rings. The van der Waals surface area contributed by atoms with Crippen LogP contribution in [0.25, 0.3) is 0 Å². The van der Waals surface area contributed by atoms with Gasteiger partial charge in [-0.05, 0) is 0 Å². The van der Waals surface area contributed by atoms with Crippen LogP contribution in [0.3, 0.4) is 0 Å². The smallest absolute Gasteiger partial charge is 0.373 e. The Morgan fingerprint density at radius 2 is 1.85 bits per heavy atom. The van der Waals surface area contributed by atoms with Gasteiger partial charge in [-0.15, -0.1) is 0 Å². The van der Waals surface area contributed by atoms with E-state index >= 15 is 0 Å². The van der Waals surface area contributed by atoms with Crippen LogP contribution in [-0.2, 0) is 14.4 Å². The van der Waals surface area contributed by atoms with Crippen molar-refractivity contribution in [1.82, 2.24) is 5.32 Å². The first kappa shape index (κ1) is 11.9. The summed E-state index contributed by atoms with van der Waals surface area (Å²) >= 11 is 3.71. The van der Waals surface area contributed by atoms with Gasteiger partial charge < -0.3 is 10.2 Å². The molecule has 0 aromatic carbocycles. The summed E-state index contributed by atoms with van der Waals surface area (Å²) in [7, 11) is 0. The van der Waals surface area contributed by atoms with Crippen LogP contribution in [0.15, 0.2) is 0 Å². The number of carbonyl (C=O) groups excluding carboxylic acids is 1. The summed E-state index contributed by atoms with van der Waals surface area (Å²) in [6.45, 7) is -0.507. The fourth-order valence-electron chi connectivity index (χ4n) is 0.521. The summed E-state index contributed by atoms with van der Waals surface area (Å²) in [6, 6.07) is -1.01. The number of carboxylic acids is 2. The normalized spacial score (nSPS) is 12.1. The van der Waals surface area contributed by atoms with E-state index in [1.165, 1.54) is 0 Å². The lowest BCUT2D eigenvalue weighted by atomic mass is 10.3. The predicted octanol–water partition coefficient (Wildman–Crippen LogP) is -1.39. The van der Waals surface area contributed by atoms with Gasteiger partial charge in [0.1, 0.15) is 6.04 Å². The third-order valence-electron chi connectivity index (χ3n) is 1.23. The molecular formula is C6H9NO5S. The molecular weight excluding hydrogens is 198 g/mol. The molecule has 0 aromatic heterocycles. The van der Waals surface area contributed by atoms with Gasteiger partial charge in [0, 0.05) is 5.75 Å². The van der Waals surface area contributed by atoms with E-state index in [2.05, 4.69) is 17.9 Å². The van der Waals surface area contributed by atoms with E-state index in [0.29, 0.717) is 0 Å². The molecule has 0 saturated heterocycles. The standard InChI is InChI=1S/C6H9NO5S/c8-4(6(11)12)1-7-3(2-13)5(9)10/h3,7,13H,1-2H2,(H,9,10)(H,11,12)/t3-/m0/s1. The summed E-state index contributed by atoms with van der Waals surface area (Å²) in [5.74, 6) is -3.85. The van der Waals surface area contributed by atoms with Crippen molar-refractivity contribution >= 4 is 30.4 Å². The van der Waals surface area contributed by atoms with Crippen molar-refractivity contribution in [2.75, 3.05) is 12.3 Å². The summed E-state index contributed by atoms with van der Waals surface area (Å²) < 4.78 is 0. The van der Waals surface area contributed by atoms with Gasteiger partial charge in [-0.2, -0.15) is 12.6 Å². The molecule has 3 N–H and O–H groups in total. The molecule has 0 unspecified atom stereocenters. The molecule has 0 aliphatic carbocycles. The van der Waals surface area contributed by atoms with Gasteiger partial charge in [-0.25, -0.2) is 4.79 Å². The number of hydrogen-bond acceptors (Lipinski definition) is 5. The summed E-state index contributed by atoms with van der Waals surface area (Å²) in [5, 5.41) is 18.8. The van der Waals surface area contributed by atoms with Crippen LogP contribution in [0.2, 0.25) is 0 Å². The minimum Gasteiger partial charge on any atom is -0.480 e. The molecule has 0 saturated carbocycles. The lowest BCUT2D eigenvalue weighted by molar-refractivity contribution is -0.149. The number of carbonyl (C=O) groups is 3. The van der Waals surface area contributed by atoms with Crippen LogP contribution in [0.4, 0.5) is 0 Å². The Balaban J connectivity index is 3.92. The topological polar surface area (TPSA) is 104 Å². The van der Waals surface area contributed by atoms with Crippen molar-refractivity contribution in [3.63, 3.8) is 0 Å². The number of Topliss-reactive ketones (excluding diaryl/α,β-unsaturated/α-hetero) is 1. The van der Waals surface area contributed by atoms with Crippen molar-refractivity contribution in [3.05, 3.63) is 0 Å². The van der Waals surface area contributed by atoms with Gasteiger partial charge in [0.25, 0.3) is 5.78 Å². The minimum absolute atomic E-state index is 0.0117. The van der Waals surface area contributed by atoms with Gasteiger partial charge in [-0.3, -0.25) is 14.9 Å². The molecule has 0 radical (unpaired) electrons. The largest absolute Gasteiger partial charge is 0.480 e. The third kappa shape index (κ3) is 4.48. The van der Waals surface area contributed by atoms with Gasteiger partial charge in [-0.1, -0.05) is 0 Å². The maximum atomic E-state index is 10.5. The van der Waals surface area contributed by atoms with E-state index in [9.17, 15) is 14.4 Å². The first-order chi connectivity index (χ1) is 5.99. The van der Waals surface area contributed by atoms with E-state index in [0.717, 1.165) is 0 Å². The highest BCUT2D eigenvalue weighted by molar-refractivity contribution is 7.80. The van der Waals surface area contributed by atoms with Crippen molar-refractivity contribution in [2.24, 2.45) is 0 Å². The van der Waals surface area contributed by atoms with Gasteiger partial charge in [0.05, 0.1) is 6.54 Å². The Morgan fingerprint density at radius 1 is 1.31 bits per heavy atom. The third-order valence-corrected chi connectivity index (χ3v) is 1.59. The van der Waals surface area contributed by atoms with E-state index in [4.69, 9.17) is 10.2 Å². The quantitative estimate of drug-likeness (QED) is 0.316. The molecule has 0 aliphatic rings. The predicted molar refractivity (Wildman–Crippen MR) is 45.9 cm³/mol. The number of nitrogens with one attached hydrogen (secondary N) is 1. The molecule has 6 nitrogen and oxygen atoms in total. The zero-order valence-corrected chi connectivity index (χ0v) is 7.45. The number of thiol groups is 1. The molecule has 74 valence electrons. The van der Waals surface area contributed by atoms with Gasteiger partial charge in [0.2, 0.25) is 0 Å². The Bertz CT molecular complexity index is 229. The highest BCUT2D eigenvalue weighted by Crippen LogP contribution is 1.87. The molecule has 0 bridgehead atoms. The van der Waals surface area contributed by atoms with E-state index in [-0.39, 0.29) is 5.75 Å². The summed E-state index contributed by atoms with van der Waals surface area (Å²) in [6.07, 6.45) is 0. The lowest BCUT2D eigenvalue weighted by Gasteiger charge is -2.09. The van der Waals surface area contributed by atoms with E-state index in [1.807, 2.05) is 0 Å². The van der Waals surface area contributed by atoms with Crippen molar-refractivity contribution in [1.29, 1.82) is 0 Å². The van der Waals surface area contributed by atoms with Crippen molar-refractivity contribution in [2.45, 2.75) is 6.04 Å². The number of hydrogen-bond donors (Lipinski definition) is 4. The number of carboxylic acid groups (broad SMARTS) is 2. The Kier molecular flexibility index (Phi) is 5.09. The monoisotopic (exact) mass is 207 g/mol. The van der Waals surface area contributed by atoms with Crippen LogP contribution in [0.1, 0.15) is 0 Å². The van der Waals surface area contributed by atoms with E-state index < -0.39 is 30.3 Å². The molecule has 0 fully saturated rings. The van der Waals surface area contributed by atoms with Crippen molar-refractivity contribution < 1.29 is 24.6 Å². The second-order valence-electron chi connectivity index (χ2n) is 2.18. The Labute approximate surface area is 79.3 Å². The molecule has 13 heavy (non-hydrogen) atoms. The van der Waals surface area contributed by atoms with E-state index in [1.54, 1.807) is 0 Å².